The standard InChI is InChI=1S/C12H16ClN/c1-9-6-12(7-9,8-14)10-2-4-11(13)5-3-10/h2-5,9H,6-8,14H2,1H3. The lowest BCUT2D eigenvalue weighted by molar-refractivity contribution is 0.165. The molecule has 0 heterocycles. The number of rotatable bonds is 2. The Morgan fingerprint density at radius 1 is 1.36 bits per heavy atom. The van der Waals surface area contributed by atoms with Gasteiger partial charge in [-0.05, 0) is 36.5 Å². The van der Waals surface area contributed by atoms with Crippen LogP contribution in [0.5, 0.6) is 0 Å². The molecule has 0 aromatic heterocycles. The summed E-state index contributed by atoms with van der Waals surface area (Å²) in [5, 5.41) is 0.799. The van der Waals surface area contributed by atoms with Gasteiger partial charge in [0, 0.05) is 17.0 Å². The Bertz CT molecular complexity index is 312. The summed E-state index contributed by atoms with van der Waals surface area (Å²) < 4.78 is 0. The maximum atomic E-state index is 5.87. The molecule has 0 unspecified atom stereocenters. The second-order valence-corrected chi connectivity index (χ2v) is 4.94. The summed E-state index contributed by atoms with van der Waals surface area (Å²) in [6.07, 6.45) is 2.43. The number of hydrogen-bond acceptors (Lipinski definition) is 1. The van der Waals surface area contributed by atoms with Crippen LogP contribution in [-0.2, 0) is 5.41 Å². The van der Waals surface area contributed by atoms with E-state index in [-0.39, 0.29) is 5.41 Å². The second-order valence-electron chi connectivity index (χ2n) is 4.50. The second kappa shape index (κ2) is 3.56. The molecule has 0 saturated heterocycles. The molecule has 1 fully saturated rings. The van der Waals surface area contributed by atoms with E-state index < -0.39 is 0 Å². The van der Waals surface area contributed by atoms with Crippen molar-refractivity contribution in [2.45, 2.75) is 25.2 Å². The Hall–Kier alpha value is -0.530. The largest absolute Gasteiger partial charge is 0.330 e. The highest BCUT2D eigenvalue weighted by molar-refractivity contribution is 6.30. The molecule has 2 N–H and O–H groups in total. The summed E-state index contributed by atoms with van der Waals surface area (Å²) in [6.45, 7) is 3.03. The summed E-state index contributed by atoms with van der Waals surface area (Å²) in [4.78, 5) is 0. The van der Waals surface area contributed by atoms with E-state index in [0.29, 0.717) is 0 Å². The van der Waals surface area contributed by atoms with Gasteiger partial charge >= 0.3 is 0 Å². The molecule has 2 heteroatoms. The number of halogens is 1. The molecule has 1 aromatic carbocycles. The van der Waals surface area contributed by atoms with Crippen LogP contribution in [0.25, 0.3) is 0 Å². The van der Waals surface area contributed by atoms with Crippen molar-refractivity contribution in [2.24, 2.45) is 11.7 Å². The van der Waals surface area contributed by atoms with Gasteiger partial charge in [-0.2, -0.15) is 0 Å². The average molecular weight is 210 g/mol. The van der Waals surface area contributed by atoms with Crippen molar-refractivity contribution in [1.82, 2.24) is 0 Å². The first kappa shape index (κ1) is 10.0. The van der Waals surface area contributed by atoms with E-state index in [0.717, 1.165) is 17.5 Å². The molecule has 1 nitrogen and oxygen atoms in total. The van der Waals surface area contributed by atoms with Crippen LogP contribution in [0, 0.1) is 5.92 Å². The molecule has 1 saturated carbocycles. The Morgan fingerprint density at radius 3 is 2.36 bits per heavy atom. The number of hydrogen-bond donors (Lipinski definition) is 1. The molecule has 14 heavy (non-hydrogen) atoms. The van der Waals surface area contributed by atoms with Crippen LogP contribution in [0.1, 0.15) is 25.3 Å². The van der Waals surface area contributed by atoms with Gasteiger partial charge in [0.1, 0.15) is 0 Å². The van der Waals surface area contributed by atoms with E-state index in [2.05, 4.69) is 19.1 Å². The van der Waals surface area contributed by atoms with Gasteiger partial charge in [-0.25, -0.2) is 0 Å². The van der Waals surface area contributed by atoms with Gasteiger partial charge in [0.2, 0.25) is 0 Å². The molecule has 1 aliphatic carbocycles. The number of benzene rings is 1. The normalized spacial score (nSPS) is 31.2. The molecule has 0 bridgehead atoms. The highest BCUT2D eigenvalue weighted by atomic mass is 35.5. The predicted molar refractivity (Wildman–Crippen MR) is 60.6 cm³/mol. The molecular formula is C12H16ClN. The number of nitrogens with two attached hydrogens (primary N) is 1. The van der Waals surface area contributed by atoms with Crippen molar-refractivity contribution >= 4 is 11.6 Å². The van der Waals surface area contributed by atoms with Crippen LogP contribution in [0.3, 0.4) is 0 Å². The SMILES string of the molecule is CC1CC(CN)(c2ccc(Cl)cc2)C1. The quantitative estimate of drug-likeness (QED) is 0.797. The molecule has 76 valence electrons. The van der Waals surface area contributed by atoms with Gasteiger partial charge in [-0.1, -0.05) is 30.7 Å². The Morgan fingerprint density at radius 2 is 1.93 bits per heavy atom. The maximum absolute atomic E-state index is 5.87. The van der Waals surface area contributed by atoms with Crippen molar-refractivity contribution in [3.63, 3.8) is 0 Å². The summed E-state index contributed by atoms with van der Waals surface area (Å²) in [7, 11) is 0. The third kappa shape index (κ3) is 1.55. The van der Waals surface area contributed by atoms with Crippen molar-refractivity contribution < 1.29 is 0 Å². The van der Waals surface area contributed by atoms with Gasteiger partial charge in [-0.15, -0.1) is 0 Å². The summed E-state index contributed by atoms with van der Waals surface area (Å²) in [5.74, 6) is 0.814. The van der Waals surface area contributed by atoms with Gasteiger partial charge in [0.05, 0.1) is 0 Å². The van der Waals surface area contributed by atoms with E-state index in [9.17, 15) is 0 Å². The highest BCUT2D eigenvalue weighted by Crippen LogP contribution is 2.46. The van der Waals surface area contributed by atoms with Gasteiger partial charge in [-0.3, -0.25) is 0 Å². The van der Waals surface area contributed by atoms with Crippen LogP contribution in [0.2, 0.25) is 5.02 Å². The first-order valence-corrected chi connectivity index (χ1v) is 5.50. The third-order valence-corrected chi connectivity index (χ3v) is 3.58. The predicted octanol–water partition coefficient (Wildman–Crippen LogP) is 2.97. The van der Waals surface area contributed by atoms with Crippen molar-refractivity contribution in [3.8, 4) is 0 Å². The lowest BCUT2D eigenvalue weighted by Crippen LogP contribution is -2.46. The molecule has 0 atom stereocenters. The zero-order chi connectivity index (χ0) is 10.2. The van der Waals surface area contributed by atoms with Gasteiger partial charge in [0.25, 0.3) is 0 Å². The fourth-order valence-corrected chi connectivity index (χ4v) is 2.72. The van der Waals surface area contributed by atoms with Crippen LogP contribution in [-0.4, -0.2) is 6.54 Å². The molecule has 2 rings (SSSR count). The fourth-order valence-electron chi connectivity index (χ4n) is 2.60. The van der Waals surface area contributed by atoms with E-state index in [1.54, 1.807) is 0 Å². The molecule has 0 radical (unpaired) electrons. The monoisotopic (exact) mass is 209 g/mol. The molecular weight excluding hydrogens is 194 g/mol. The van der Waals surface area contributed by atoms with Crippen molar-refractivity contribution in [3.05, 3.63) is 34.9 Å². The maximum Gasteiger partial charge on any atom is 0.0406 e. The molecule has 1 aromatic rings. The first-order valence-electron chi connectivity index (χ1n) is 5.12. The van der Waals surface area contributed by atoms with Gasteiger partial charge in [0.15, 0.2) is 0 Å². The topological polar surface area (TPSA) is 26.0 Å². The highest BCUT2D eigenvalue weighted by Gasteiger charge is 2.41. The fraction of sp³-hybridized carbons (Fsp3) is 0.500. The molecule has 0 aliphatic heterocycles. The Balaban J connectivity index is 2.25. The zero-order valence-electron chi connectivity index (χ0n) is 8.46. The molecule has 1 aliphatic rings. The lowest BCUT2D eigenvalue weighted by Gasteiger charge is -2.46. The van der Waals surface area contributed by atoms with Crippen molar-refractivity contribution in [1.29, 1.82) is 0 Å². The molecule has 0 amide bonds. The van der Waals surface area contributed by atoms with Crippen LogP contribution >= 0.6 is 11.6 Å². The summed E-state index contributed by atoms with van der Waals surface area (Å²) in [5.41, 5.74) is 7.46. The Kier molecular flexibility index (Phi) is 2.54. The zero-order valence-corrected chi connectivity index (χ0v) is 9.22. The summed E-state index contributed by atoms with van der Waals surface area (Å²) >= 11 is 5.86. The minimum Gasteiger partial charge on any atom is -0.330 e. The molecule has 0 spiro atoms. The van der Waals surface area contributed by atoms with E-state index in [4.69, 9.17) is 17.3 Å². The van der Waals surface area contributed by atoms with E-state index >= 15 is 0 Å². The van der Waals surface area contributed by atoms with Crippen LogP contribution in [0.4, 0.5) is 0 Å². The third-order valence-electron chi connectivity index (χ3n) is 3.33. The van der Waals surface area contributed by atoms with Crippen LogP contribution < -0.4 is 5.73 Å². The smallest absolute Gasteiger partial charge is 0.0406 e. The van der Waals surface area contributed by atoms with Gasteiger partial charge < -0.3 is 5.73 Å². The average Bonchev–Trinajstić information content (AvgIpc) is 2.14. The summed E-state index contributed by atoms with van der Waals surface area (Å²) in [6, 6.07) is 8.14. The van der Waals surface area contributed by atoms with E-state index in [1.807, 2.05) is 12.1 Å². The van der Waals surface area contributed by atoms with Crippen molar-refractivity contribution in [2.75, 3.05) is 6.54 Å². The minimum absolute atomic E-state index is 0.240. The minimum atomic E-state index is 0.240. The Labute approximate surface area is 90.3 Å². The van der Waals surface area contributed by atoms with Crippen LogP contribution in [0.15, 0.2) is 24.3 Å². The lowest BCUT2D eigenvalue weighted by atomic mass is 9.59. The van der Waals surface area contributed by atoms with E-state index in [1.165, 1.54) is 18.4 Å². The first-order chi connectivity index (χ1) is 6.66.